The molecule has 2 N–H and O–H groups in total. The van der Waals surface area contributed by atoms with Crippen molar-refractivity contribution in [1.29, 1.82) is 0 Å². The molecule has 1 amide bonds. The van der Waals surface area contributed by atoms with E-state index in [1.807, 2.05) is 0 Å². The van der Waals surface area contributed by atoms with Gasteiger partial charge in [-0.1, -0.05) is 12.1 Å². The van der Waals surface area contributed by atoms with Gasteiger partial charge in [0.15, 0.2) is 6.10 Å². The predicted octanol–water partition coefficient (Wildman–Crippen LogP) is 2.42. The molecule has 4 nitrogen and oxygen atoms in total. The number of carbonyl (C=O) groups is 1. The molecular weight excluding hydrogens is 297 g/mol. The highest BCUT2D eigenvalue weighted by Gasteiger charge is 2.36. The van der Waals surface area contributed by atoms with Crippen LogP contribution >= 0.6 is 0 Å². The molecule has 122 valence electrons. The van der Waals surface area contributed by atoms with Gasteiger partial charge in [0, 0.05) is 19.1 Å². The molecule has 1 aromatic rings. The molecule has 0 radical (unpaired) electrons. The molecule has 0 aromatic heterocycles. The van der Waals surface area contributed by atoms with Gasteiger partial charge in [-0.25, -0.2) is 0 Å². The Morgan fingerprint density at radius 1 is 1.45 bits per heavy atom. The highest BCUT2D eigenvalue weighted by molar-refractivity contribution is 5.81. The number of rotatable bonds is 4. The van der Waals surface area contributed by atoms with Crippen molar-refractivity contribution in [3.05, 3.63) is 29.8 Å². The van der Waals surface area contributed by atoms with Crippen molar-refractivity contribution >= 4 is 5.91 Å². The molecule has 2 atom stereocenters. The molecule has 0 unspecified atom stereocenters. The van der Waals surface area contributed by atoms with E-state index in [2.05, 4.69) is 0 Å². The molecule has 2 rings (SSSR count). The number of amides is 1. The lowest BCUT2D eigenvalue weighted by Gasteiger charge is -2.27. The summed E-state index contributed by atoms with van der Waals surface area (Å²) in [5, 5.41) is 0. The monoisotopic (exact) mass is 316 g/mol. The van der Waals surface area contributed by atoms with Crippen LogP contribution in [0, 0.1) is 0 Å². The van der Waals surface area contributed by atoms with E-state index in [0.29, 0.717) is 13.1 Å². The summed E-state index contributed by atoms with van der Waals surface area (Å²) >= 11 is 0. The summed E-state index contributed by atoms with van der Waals surface area (Å²) < 4.78 is 44.1. The molecular formula is C15H19F3N2O2. The number of halogens is 3. The summed E-state index contributed by atoms with van der Waals surface area (Å²) in [5.74, 6) is -0.663. The molecule has 7 heteroatoms. The second kappa shape index (κ2) is 6.56. The van der Waals surface area contributed by atoms with Gasteiger partial charge in [0.25, 0.3) is 5.91 Å². The molecule has 1 aliphatic heterocycles. The van der Waals surface area contributed by atoms with Crippen molar-refractivity contribution in [1.82, 2.24) is 4.90 Å². The zero-order valence-electron chi connectivity index (χ0n) is 12.3. The fourth-order valence-corrected chi connectivity index (χ4v) is 2.65. The number of ether oxygens (including phenoxy) is 1. The molecule has 1 heterocycles. The van der Waals surface area contributed by atoms with Gasteiger partial charge >= 0.3 is 6.18 Å². The van der Waals surface area contributed by atoms with Gasteiger partial charge in [0.05, 0.1) is 5.56 Å². The zero-order valence-corrected chi connectivity index (χ0v) is 12.3. The normalized spacial score (nSPS) is 20.0. The van der Waals surface area contributed by atoms with Crippen LogP contribution in [0.4, 0.5) is 13.2 Å². The zero-order chi connectivity index (χ0) is 16.3. The highest BCUT2D eigenvalue weighted by Crippen LogP contribution is 2.36. The first kappa shape index (κ1) is 16.6. The summed E-state index contributed by atoms with van der Waals surface area (Å²) in [6.07, 6.45) is -3.85. The molecule has 1 fully saturated rings. The van der Waals surface area contributed by atoms with Crippen LogP contribution in [0.25, 0.3) is 0 Å². The molecule has 0 aliphatic carbocycles. The lowest BCUT2D eigenvalue weighted by atomic mass is 10.2. The Hall–Kier alpha value is -1.76. The maximum absolute atomic E-state index is 12.9. The average Bonchev–Trinajstić information content (AvgIpc) is 2.94. The minimum Gasteiger partial charge on any atom is -0.480 e. The SMILES string of the molecule is C[C@H](Oc1ccccc1C(F)(F)F)C(=O)N1CCC[C@@H]1CN. The van der Waals surface area contributed by atoms with Crippen LogP contribution in [0.1, 0.15) is 25.3 Å². The second-order valence-corrected chi connectivity index (χ2v) is 5.32. The smallest absolute Gasteiger partial charge is 0.419 e. The van der Waals surface area contributed by atoms with E-state index in [0.717, 1.165) is 18.9 Å². The number of hydrogen-bond donors (Lipinski definition) is 1. The number of carbonyl (C=O) groups excluding carboxylic acids is 1. The number of nitrogens with zero attached hydrogens (tertiary/aromatic N) is 1. The van der Waals surface area contributed by atoms with Crippen LogP contribution in [0.3, 0.4) is 0 Å². The Balaban J connectivity index is 2.12. The Kier molecular flexibility index (Phi) is 4.95. The van der Waals surface area contributed by atoms with E-state index in [1.165, 1.54) is 25.1 Å². The maximum atomic E-state index is 12.9. The molecule has 1 aromatic carbocycles. The maximum Gasteiger partial charge on any atom is 0.419 e. The van der Waals surface area contributed by atoms with Crippen LogP contribution < -0.4 is 10.5 Å². The third kappa shape index (κ3) is 3.52. The van der Waals surface area contributed by atoms with E-state index in [1.54, 1.807) is 4.90 Å². The summed E-state index contributed by atoms with van der Waals surface area (Å²) in [6.45, 7) is 2.37. The van der Waals surface area contributed by atoms with Crippen molar-refractivity contribution in [2.75, 3.05) is 13.1 Å². The predicted molar refractivity (Wildman–Crippen MR) is 75.3 cm³/mol. The van der Waals surface area contributed by atoms with Crippen LogP contribution in [0.5, 0.6) is 5.75 Å². The first-order chi connectivity index (χ1) is 10.3. The van der Waals surface area contributed by atoms with E-state index < -0.39 is 17.8 Å². The third-order valence-corrected chi connectivity index (χ3v) is 3.78. The third-order valence-electron chi connectivity index (χ3n) is 3.78. The lowest BCUT2D eigenvalue weighted by molar-refractivity contribution is -0.143. The molecule has 22 heavy (non-hydrogen) atoms. The van der Waals surface area contributed by atoms with E-state index >= 15 is 0 Å². The Bertz CT molecular complexity index is 534. The van der Waals surface area contributed by atoms with E-state index in [9.17, 15) is 18.0 Å². The van der Waals surface area contributed by atoms with E-state index in [4.69, 9.17) is 10.5 Å². The molecule has 0 bridgehead atoms. The van der Waals surface area contributed by atoms with Crippen molar-refractivity contribution in [2.45, 2.75) is 38.1 Å². The van der Waals surface area contributed by atoms with Crippen molar-refractivity contribution in [3.8, 4) is 5.75 Å². The van der Waals surface area contributed by atoms with Crippen LogP contribution in [-0.4, -0.2) is 36.0 Å². The summed E-state index contributed by atoms with van der Waals surface area (Å²) in [6, 6.07) is 4.83. The van der Waals surface area contributed by atoms with Crippen LogP contribution in [0.15, 0.2) is 24.3 Å². The minimum absolute atomic E-state index is 0.0589. The molecule has 1 aliphatic rings. The average molecular weight is 316 g/mol. The summed E-state index contributed by atoms with van der Waals surface area (Å²) in [5.41, 5.74) is 4.73. The van der Waals surface area contributed by atoms with Gasteiger partial charge in [0.2, 0.25) is 0 Å². The van der Waals surface area contributed by atoms with Gasteiger partial charge in [-0.3, -0.25) is 4.79 Å². The van der Waals surface area contributed by atoms with E-state index in [-0.39, 0.29) is 17.7 Å². The quantitative estimate of drug-likeness (QED) is 0.928. The second-order valence-electron chi connectivity index (χ2n) is 5.32. The Morgan fingerprint density at radius 3 is 2.77 bits per heavy atom. The number of benzene rings is 1. The van der Waals surface area contributed by atoms with Crippen molar-refractivity contribution in [2.24, 2.45) is 5.73 Å². The van der Waals surface area contributed by atoms with Crippen LogP contribution in [-0.2, 0) is 11.0 Å². The Labute approximate surface area is 127 Å². The van der Waals surface area contributed by atoms with Crippen LogP contribution in [0.2, 0.25) is 0 Å². The highest BCUT2D eigenvalue weighted by atomic mass is 19.4. The molecule has 0 saturated carbocycles. The topological polar surface area (TPSA) is 55.6 Å². The van der Waals surface area contributed by atoms with Crippen molar-refractivity contribution in [3.63, 3.8) is 0 Å². The summed E-state index contributed by atoms with van der Waals surface area (Å²) in [7, 11) is 0. The fraction of sp³-hybridized carbons (Fsp3) is 0.533. The summed E-state index contributed by atoms with van der Waals surface area (Å²) in [4.78, 5) is 13.9. The number of para-hydroxylation sites is 1. The standard InChI is InChI=1S/C15H19F3N2O2/c1-10(14(21)20-8-4-5-11(20)9-19)22-13-7-3-2-6-12(13)15(16,17)18/h2-3,6-7,10-11H,4-5,8-9,19H2,1H3/t10-,11+/m0/s1. The van der Waals surface area contributed by atoms with Crippen molar-refractivity contribution < 1.29 is 22.7 Å². The molecule has 0 spiro atoms. The van der Waals surface area contributed by atoms with Gasteiger partial charge < -0.3 is 15.4 Å². The van der Waals surface area contributed by atoms with Gasteiger partial charge in [-0.05, 0) is 31.9 Å². The number of hydrogen-bond acceptors (Lipinski definition) is 3. The van der Waals surface area contributed by atoms with Gasteiger partial charge in [0.1, 0.15) is 5.75 Å². The number of nitrogens with two attached hydrogens (primary N) is 1. The van der Waals surface area contributed by atoms with Gasteiger partial charge in [-0.15, -0.1) is 0 Å². The number of likely N-dealkylation sites (tertiary alicyclic amines) is 1. The minimum atomic E-state index is -4.52. The Morgan fingerprint density at radius 2 is 2.14 bits per heavy atom. The first-order valence-electron chi connectivity index (χ1n) is 7.18. The first-order valence-corrected chi connectivity index (χ1v) is 7.18. The largest absolute Gasteiger partial charge is 0.480 e. The fourth-order valence-electron chi connectivity index (χ4n) is 2.65. The lowest BCUT2D eigenvalue weighted by Crippen LogP contribution is -2.45. The number of alkyl halides is 3. The van der Waals surface area contributed by atoms with Gasteiger partial charge in [-0.2, -0.15) is 13.2 Å². The molecule has 1 saturated heterocycles.